The summed E-state index contributed by atoms with van der Waals surface area (Å²) >= 11 is 2.77. The van der Waals surface area contributed by atoms with E-state index in [0.717, 1.165) is 10.5 Å². The number of hydrogen-bond acceptors (Lipinski definition) is 8. The summed E-state index contributed by atoms with van der Waals surface area (Å²) in [5, 5.41) is 5.16. The molecule has 4 rings (SSSR count). The Morgan fingerprint density at radius 2 is 1.94 bits per heavy atom. The second-order valence-electron chi connectivity index (χ2n) is 7.20. The van der Waals surface area contributed by atoms with Crippen LogP contribution in [0.1, 0.15) is 16.8 Å². The van der Waals surface area contributed by atoms with Crippen LogP contribution in [0.15, 0.2) is 52.7 Å². The van der Waals surface area contributed by atoms with Crippen LogP contribution in [0, 0.1) is 0 Å². The van der Waals surface area contributed by atoms with Crippen molar-refractivity contribution in [3.8, 4) is 22.8 Å². The van der Waals surface area contributed by atoms with Crippen molar-refractivity contribution in [2.24, 2.45) is 0 Å². The number of ether oxygens (including phenoxy) is 2. The van der Waals surface area contributed by atoms with Gasteiger partial charge in [-0.15, -0.1) is 23.1 Å². The van der Waals surface area contributed by atoms with E-state index in [0.29, 0.717) is 34.3 Å². The Morgan fingerprint density at radius 3 is 2.66 bits per heavy atom. The van der Waals surface area contributed by atoms with Gasteiger partial charge in [-0.3, -0.25) is 10.1 Å². The van der Waals surface area contributed by atoms with Gasteiger partial charge in [-0.2, -0.15) is 0 Å². The summed E-state index contributed by atoms with van der Waals surface area (Å²) in [6.07, 6.45) is 0.601. The van der Waals surface area contributed by atoms with Gasteiger partial charge in [0, 0.05) is 21.1 Å². The molecule has 1 amide bonds. The first-order chi connectivity index (χ1) is 15.4. The minimum Gasteiger partial charge on any atom is -0.493 e. The average molecular weight is 491 g/mol. The lowest BCUT2D eigenvalue weighted by Gasteiger charge is -2.12. The highest BCUT2D eigenvalue weighted by Crippen LogP contribution is 2.35. The van der Waals surface area contributed by atoms with Gasteiger partial charge in [0.25, 0.3) is 5.91 Å². The van der Waals surface area contributed by atoms with Crippen LogP contribution in [0.5, 0.6) is 11.5 Å². The molecule has 7 nitrogen and oxygen atoms in total. The molecule has 0 saturated carbocycles. The van der Waals surface area contributed by atoms with Crippen LogP contribution >= 0.6 is 23.1 Å². The summed E-state index contributed by atoms with van der Waals surface area (Å²) in [6.45, 7) is 0. The van der Waals surface area contributed by atoms with Crippen molar-refractivity contribution in [2.45, 2.75) is 16.6 Å². The van der Waals surface area contributed by atoms with Gasteiger partial charge in [0.2, 0.25) is 0 Å². The first kappa shape index (κ1) is 22.6. The number of nitrogens with one attached hydrogen (secondary N) is 1. The molecule has 2 aromatic carbocycles. The Labute approximate surface area is 195 Å². The molecule has 2 heterocycles. The number of sulfone groups is 1. The zero-order chi connectivity index (χ0) is 22.7. The first-order valence-corrected chi connectivity index (χ1v) is 13.4. The summed E-state index contributed by atoms with van der Waals surface area (Å²) in [5.74, 6) is 1.31. The summed E-state index contributed by atoms with van der Waals surface area (Å²) < 4.78 is 34.2. The topological polar surface area (TPSA) is 94.6 Å². The van der Waals surface area contributed by atoms with Crippen molar-refractivity contribution in [1.29, 1.82) is 0 Å². The van der Waals surface area contributed by atoms with Gasteiger partial charge in [0.05, 0.1) is 37.0 Å². The number of thioether (sulfide) groups is 1. The number of thiazole rings is 1. The number of carbonyl (C=O) groups excluding carboxylic acids is 1. The first-order valence-electron chi connectivity index (χ1n) is 9.84. The molecule has 1 aliphatic rings. The molecule has 0 radical (unpaired) electrons. The van der Waals surface area contributed by atoms with Crippen LogP contribution < -0.4 is 14.8 Å². The van der Waals surface area contributed by atoms with Crippen LogP contribution in [0.25, 0.3) is 11.3 Å². The van der Waals surface area contributed by atoms with Gasteiger partial charge >= 0.3 is 0 Å². The lowest BCUT2D eigenvalue weighted by Crippen LogP contribution is -2.14. The number of benzene rings is 2. The highest BCUT2D eigenvalue weighted by Gasteiger charge is 2.29. The van der Waals surface area contributed by atoms with Crippen LogP contribution in [-0.4, -0.2) is 50.3 Å². The second-order valence-corrected chi connectivity index (χ2v) is 11.6. The van der Waals surface area contributed by atoms with E-state index in [4.69, 9.17) is 9.47 Å². The van der Waals surface area contributed by atoms with Gasteiger partial charge in [-0.1, -0.05) is 12.1 Å². The molecule has 32 heavy (non-hydrogen) atoms. The molecule has 0 aliphatic carbocycles. The van der Waals surface area contributed by atoms with E-state index >= 15 is 0 Å². The lowest BCUT2D eigenvalue weighted by atomic mass is 10.1. The van der Waals surface area contributed by atoms with Crippen molar-refractivity contribution in [3.05, 3.63) is 53.4 Å². The minimum absolute atomic E-state index is 0.0366. The average Bonchev–Trinajstić information content (AvgIpc) is 3.39. The fraction of sp³-hybridized carbons (Fsp3) is 0.273. The normalized spacial score (nSPS) is 17.1. The van der Waals surface area contributed by atoms with Crippen LogP contribution in [0.2, 0.25) is 0 Å². The maximum absolute atomic E-state index is 13.0. The van der Waals surface area contributed by atoms with Gasteiger partial charge < -0.3 is 9.47 Å². The zero-order valence-corrected chi connectivity index (χ0v) is 20.0. The molecule has 168 valence electrons. The molecule has 10 heteroatoms. The summed E-state index contributed by atoms with van der Waals surface area (Å²) in [5.41, 5.74) is 2.06. The Kier molecular flexibility index (Phi) is 6.73. The SMILES string of the molecule is COc1ccc(-c2csc(NC(=O)c3ccccc3SC3CCS(=O)(=O)C3)n2)cc1OC. The molecule has 1 N–H and O–H groups in total. The number of carbonyl (C=O) groups is 1. The standard InChI is InChI=1S/C22H22N2O5S3/c1-28-18-8-7-14(11-19(18)29-2)17-12-30-22(23-17)24-21(25)16-5-3-4-6-20(16)31-15-9-10-32(26,27)13-15/h3-8,11-12,15H,9-10,13H2,1-2H3,(H,23,24,25). The fourth-order valence-electron chi connectivity index (χ4n) is 3.41. The number of methoxy groups -OCH3 is 2. The molecule has 1 aliphatic heterocycles. The Morgan fingerprint density at radius 1 is 1.16 bits per heavy atom. The molecule has 0 spiro atoms. The highest BCUT2D eigenvalue weighted by molar-refractivity contribution is 8.02. The molecular weight excluding hydrogens is 468 g/mol. The molecule has 1 aromatic heterocycles. The Bertz CT molecular complexity index is 1240. The van der Waals surface area contributed by atoms with E-state index < -0.39 is 9.84 Å². The third-order valence-corrected chi connectivity index (χ3v) is 9.10. The van der Waals surface area contributed by atoms with Gasteiger partial charge in [-0.05, 0) is 36.8 Å². The highest BCUT2D eigenvalue weighted by atomic mass is 32.2. The molecule has 1 unspecified atom stereocenters. The number of amides is 1. The number of hydrogen-bond donors (Lipinski definition) is 1. The molecule has 0 bridgehead atoms. The predicted molar refractivity (Wildman–Crippen MR) is 128 cm³/mol. The van der Waals surface area contributed by atoms with E-state index in [1.165, 1.54) is 23.1 Å². The third-order valence-electron chi connectivity index (χ3n) is 5.02. The third kappa shape index (κ3) is 5.08. The van der Waals surface area contributed by atoms with Crippen molar-refractivity contribution in [1.82, 2.24) is 4.98 Å². The van der Waals surface area contributed by atoms with Crippen molar-refractivity contribution in [3.63, 3.8) is 0 Å². The molecule has 1 atom stereocenters. The van der Waals surface area contributed by atoms with E-state index in [2.05, 4.69) is 10.3 Å². The van der Waals surface area contributed by atoms with E-state index in [-0.39, 0.29) is 22.7 Å². The minimum atomic E-state index is -2.98. The predicted octanol–water partition coefficient (Wildman–Crippen LogP) is 4.36. The monoisotopic (exact) mass is 490 g/mol. The van der Waals surface area contributed by atoms with Crippen molar-refractivity contribution in [2.75, 3.05) is 31.0 Å². The zero-order valence-electron chi connectivity index (χ0n) is 17.5. The van der Waals surface area contributed by atoms with Gasteiger partial charge in [0.1, 0.15) is 0 Å². The summed E-state index contributed by atoms with van der Waals surface area (Å²) in [7, 11) is 0.176. The molecular formula is C22H22N2O5S3. The summed E-state index contributed by atoms with van der Waals surface area (Å²) in [6, 6.07) is 12.8. The van der Waals surface area contributed by atoms with E-state index in [9.17, 15) is 13.2 Å². The molecule has 3 aromatic rings. The van der Waals surface area contributed by atoms with Crippen molar-refractivity contribution < 1.29 is 22.7 Å². The largest absolute Gasteiger partial charge is 0.493 e. The fourth-order valence-corrected chi connectivity index (χ4v) is 7.76. The van der Waals surface area contributed by atoms with Gasteiger partial charge in [-0.25, -0.2) is 13.4 Å². The molecule has 1 fully saturated rings. The van der Waals surface area contributed by atoms with Gasteiger partial charge in [0.15, 0.2) is 26.5 Å². The number of rotatable bonds is 7. The van der Waals surface area contributed by atoms with E-state index in [1.54, 1.807) is 26.4 Å². The number of aromatic nitrogens is 1. The maximum atomic E-state index is 13.0. The Hall–Kier alpha value is -2.56. The van der Waals surface area contributed by atoms with Crippen LogP contribution in [0.3, 0.4) is 0 Å². The van der Waals surface area contributed by atoms with Crippen molar-refractivity contribution >= 4 is 44.0 Å². The maximum Gasteiger partial charge on any atom is 0.258 e. The lowest BCUT2D eigenvalue weighted by molar-refractivity contribution is 0.102. The second kappa shape index (κ2) is 9.51. The van der Waals surface area contributed by atoms with Crippen LogP contribution in [0.4, 0.5) is 5.13 Å². The quantitative estimate of drug-likeness (QED) is 0.526. The number of anilines is 1. The Balaban J connectivity index is 1.49. The smallest absolute Gasteiger partial charge is 0.258 e. The summed E-state index contributed by atoms with van der Waals surface area (Å²) in [4.78, 5) is 18.3. The molecule has 1 saturated heterocycles. The van der Waals surface area contributed by atoms with Crippen LogP contribution in [-0.2, 0) is 9.84 Å². The number of nitrogens with zero attached hydrogens (tertiary/aromatic N) is 1. The van der Waals surface area contributed by atoms with E-state index in [1.807, 2.05) is 35.7 Å².